The van der Waals surface area contributed by atoms with Gasteiger partial charge in [-0.25, -0.2) is 9.97 Å². The van der Waals surface area contributed by atoms with E-state index >= 15 is 0 Å². The Hall–Kier alpha value is -2.92. The van der Waals surface area contributed by atoms with Gasteiger partial charge in [0.2, 0.25) is 5.95 Å². The second kappa shape index (κ2) is 9.14. The molecule has 0 saturated heterocycles. The molecule has 0 unspecified atom stereocenters. The smallest absolute Gasteiger partial charge is 0.258 e. The molecule has 0 bridgehead atoms. The van der Waals surface area contributed by atoms with Crippen LogP contribution in [0.25, 0.3) is 0 Å². The Balaban J connectivity index is 1.52. The van der Waals surface area contributed by atoms with Crippen LogP contribution in [0.15, 0.2) is 60.9 Å². The van der Waals surface area contributed by atoms with Crippen LogP contribution in [0.4, 0.5) is 11.6 Å². The normalized spacial score (nSPS) is 10.4. The third-order valence-corrected chi connectivity index (χ3v) is 4.35. The standard InChI is InChI=1S/C21H21ClN4O/c1-2-15-6-8-19(9-7-15)26-20(27)17-13-24-21(25-14-17)23-11-10-16-4-3-5-18(22)12-16/h3-9,12-14H,2,10-11H2,1H3,(H,26,27)(H,23,24,25). The van der Waals surface area contributed by atoms with Crippen molar-refractivity contribution < 1.29 is 4.79 Å². The fourth-order valence-corrected chi connectivity index (χ4v) is 2.79. The molecule has 2 N–H and O–H groups in total. The molecule has 138 valence electrons. The third-order valence-electron chi connectivity index (χ3n) is 4.12. The second-order valence-corrected chi connectivity index (χ2v) is 6.54. The van der Waals surface area contributed by atoms with Crippen LogP contribution >= 0.6 is 11.6 Å². The van der Waals surface area contributed by atoms with Gasteiger partial charge in [0.1, 0.15) is 0 Å². The number of anilines is 2. The SMILES string of the molecule is CCc1ccc(NC(=O)c2cnc(NCCc3cccc(Cl)c3)nc2)cc1. The number of hydrogen-bond donors (Lipinski definition) is 2. The average molecular weight is 381 g/mol. The molecule has 0 fully saturated rings. The summed E-state index contributed by atoms with van der Waals surface area (Å²) in [6.45, 7) is 2.77. The first-order valence-electron chi connectivity index (χ1n) is 8.84. The monoisotopic (exact) mass is 380 g/mol. The highest BCUT2D eigenvalue weighted by atomic mass is 35.5. The van der Waals surface area contributed by atoms with Gasteiger partial charge in [-0.05, 0) is 48.2 Å². The predicted molar refractivity (Wildman–Crippen MR) is 109 cm³/mol. The molecule has 3 aromatic rings. The summed E-state index contributed by atoms with van der Waals surface area (Å²) in [5, 5.41) is 6.72. The van der Waals surface area contributed by atoms with Crippen LogP contribution in [-0.2, 0) is 12.8 Å². The van der Waals surface area contributed by atoms with Crippen molar-refractivity contribution >= 4 is 29.1 Å². The molecule has 6 heteroatoms. The minimum atomic E-state index is -0.232. The lowest BCUT2D eigenvalue weighted by molar-refractivity contribution is 0.102. The van der Waals surface area contributed by atoms with Crippen molar-refractivity contribution in [3.63, 3.8) is 0 Å². The van der Waals surface area contributed by atoms with Crippen molar-refractivity contribution in [3.05, 3.63) is 82.6 Å². The number of amides is 1. The van der Waals surface area contributed by atoms with Crippen molar-refractivity contribution in [1.29, 1.82) is 0 Å². The fourth-order valence-electron chi connectivity index (χ4n) is 2.57. The van der Waals surface area contributed by atoms with Gasteiger partial charge in [0.15, 0.2) is 0 Å². The summed E-state index contributed by atoms with van der Waals surface area (Å²) in [7, 11) is 0. The number of rotatable bonds is 7. The molecule has 5 nitrogen and oxygen atoms in total. The number of aromatic nitrogens is 2. The van der Waals surface area contributed by atoms with Gasteiger partial charge < -0.3 is 10.6 Å². The molecule has 2 aromatic carbocycles. The van der Waals surface area contributed by atoms with E-state index in [2.05, 4.69) is 27.5 Å². The van der Waals surface area contributed by atoms with Gasteiger partial charge in [-0.3, -0.25) is 4.79 Å². The Morgan fingerprint density at radius 3 is 2.44 bits per heavy atom. The molecule has 1 heterocycles. The minimum absolute atomic E-state index is 0.232. The van der Waals surface area contributed by atoms with E-state index in [1.165, 1.54) is 18.0 Å². The van der Waals surface area contributed by atoms with E-state index in [9.17, 15) is 4.79 Å². The van der Waals surface area contributed by atoms with Crippen LogP contribution in [0.5, 0.6) is 0 Å². The Kier molecular flexibility index (Phi) is 6.39. The number of benzene rings is 2. The van der Waals surface area contributed by atoms with Gasteiger partial charge in [-0.1, -0.05) is 42.8 Å². The van der Waals surface area contributed by atoms with Crippen LogP contribution in [0.3, 0.4) is 0 Å². The minimum Gasteiger partial charge on any atom is -0.354 e. The molecule has 0 radical (unpaired) electrons. The first-order chi connectivity index (χ1) is 13.1. The first kappa shape index (κ1) is 18.9. The van der Waals surface area contributed by atoms with Crippen molar-refractivity contribution in [2.24, 2.45) is 0 Å². The van der Waals surface area contributed by atoms with Gasteiger partial charge in [0, 0.05) is 29.6 Å². The Morgan fingerprint density at radius 1 is 1.04 bits per heavy atom. The van der Waals surface area contributed by atoms with Crippen molar-refractivity contribution in [2.45, 2.75) is 19.8 Å². The van der Waals surface area contributed by atoms with Crippen LogP contribution in [0.2, 0.25) is 5.02 Å². The van der Waals surface area contributed by atoms with E-state index in [0.717, 1.165) is 29.1 Å². The zero-order valence-corrected chi connectivity index (χ0v) is 15.8. The number of aryl methyl sites for hydroxylation is 1. The quantitative estimate of drug-likeness (QED) is 0.628. The number of carbonyl (C=O) groups excluding carboxylic acids is 1. The maximum Gasteiger partial charge on any atom is 0.258 e. The lowest BCUT2D eigenvalue weighted by atomic mass is 10.1. The molecular weight excluding hydrogens is 360 g/mol. The van der Waals surface area contributed by atoms with E-state index in [0.29, 0.717) is 18.1 Å². The maximum atomic E-state index is 12.3. The number of halogens is 1. The van der Waals surface area contributed by atoms with Crippen LogP contribution in [0, 0.1) is 0 Å². The van der Waals surface area contributed by atoms with Gasteiger partial charge >= 0.3 is 0 Å². The summed E-state index contributed by atoms with van der Waals surface area (Å²) in [4.78, 5) is 20.7. The number of nitrogens with one attached hydrogen (secondary N) is 2. The van der Waals surface area contributed by atoms with Crippen molar-refractivity contribution in [1.82, 2.24) is 9.97 Å². The summed E-state index contributed by atoms with van der Waals surface area (Å²) in [5.41, 5.74) is 3.53. The summed E-state index contributed by atoms with van der Waals surface area (Å²) >= 11 is 5.98. The number of nitrogens with zero attached hydrogens (tertiary/aromatic N) is 2. The molecule has 1 aromatic heterocycles. The molecular formula is C21H21ClN4O. The van der Waals surface area contributed by atoms with E-state index in [4.69, 9.17) is 11.6 Å². The Bertz CT molecular complexity index is 895. The van der Waals surface area contributed by atoms with Gasteiger partial charge in [0.25, 0.3) is 5.91 Å². The first-order valence-corrected chi connectivity index (χ1v) is 9.22. The third kappa shape index (κ3) is 5.53. The zero-order valence-electron chi connectivity index (χ0n) is 15.1. The van der Waals surface area contributed by atoms with Gasteiger partial charge in [-0.2, -0.15) is 0 Å². The molecule has 3 rings (SSSR count). The second-order valence-electron chi connectivity index (χ2n) is 6.11. The summed E-state index contributed by atoms with van der Waals surface area (Å²) in [5.74, 6) is 0.255. The molecule has 0 aliphatic rings. The molecule has 27 heavy (non-hydrogen) atoms. The topological polar surface area (TPSA) is 66.9 Å². The zero-order chi connectivity index (χ0) is 19.1. The highest BCUT2D eigenvalue weighted by Gasteiger charge is 2.08. The van der Waals surface area contributed by atoms with E-state index in [1.807, 2.05) is 48.5 Å². The van der Waals surface area contributed by atoms with E-state index in [1.54, 1.807) is 0 Å². The fraction of sp³-hybridized carbons (Fsp3) is 0.190. The number of hydrogen-bond acceptors (Lipinski definition) is 4. The van der Waals surface area contributed by atoms with E-state index < -0.39 is 0 Å². The highest BCUT2D eigenvalue weighted by Crippen LogP contribution is 2.13. The van der Waals surface area contributed by atoms with Crippen LogP contribution in [-0.4, -0.2) is 22.4 Å². The van der Waals surface area contributed by atoms with Crippen LogP contribution < -0.4 is 10.6 Å². The molecule has 0 saturated carbocycles. The summed E-state index contributed by atoms with van der Waals surface area (Å²) < 4.78 is 0. The summed E-state index contributed by atoms with van der Waals surface area (Å²) in [6.07, 6.45) is 4.81. The summed E-state index contributed by atoms with van der Waals surface area (Å²) in [6, 6.07) is 15.5. The average Bonchev–Trinajstić information content (AvgIpc) is 2.69. The highest BCUT2D eigenvalue weighted by molar-refractivity contribution is 6.30. The largest absolute Gasteiger partial charge is 0.354 e. The lowest BCUT2D eigenvalue weighted by Crippen LogP contribution is -2.14. The Morgan fingerprint density at radius 2 is 1.78 bits per heavy atom. The Labute approximate surface area is 163 Å². The maximum absolute atomic E-state index is 12.3. The molecule has 0 atom stereocenters. The molecule has 1 amide bonds. The molecule has 0 aliphatic carbocycles. The molecule has 0 aliphatic heterocycles. The van der Waals surface area contributed by atoms with Crippen molar-refractivity contribution in [2.75, 3.05) is 17.2 Å². The predicted octanol–water partition coefficient (Wildman–Crippen LogP) is 4.60. The van der Waals surface area contributed by atoms with E-state index in [-0.39, 0.29) is 5.91 Å². The van der Waals surface area contributed by atoms with Gasteiger partial charge in [0.05, 0.1) is 5.56 Å². The molecule has 0 spiro atoms. The lowest BCUT2D eigenvalue weighted by Gasteiger charge is -2.07. The number of carbonyl (C=O) groups is 1. The van der Waals surface area contributed by atoms with Crippen molar-refractivity contribution in [3.8, 4) is 0 Å². The van der Waals surface area contributed by atoms with Crippen LogP contribution in [0.1, 0.15) is 28.4 Å². The van der Waals surface area contributed by atoms with Gasteiger partial charge in [-0.15, -0.1) is 0 Å².